The molecule has 1 amide bonds. The number of rotatable bonds is 6. The molecule has 0 bridgehead atoms. The van der Waals surface area contributed by atoms with Crippen LogP contribution in [0.2, 0.25) is 0 Å². The second-order valence-corrected chi connectivity index (χ2v) is 11.4. The Hall–Kier alpha value is -4.04. The summed E-state index contributed by atoms with van der Waals surface area (Å²) in [5, 5.41) is 2.27. The van der Waals surface area contributed by atoms with Gasteiger partial charge in [-0.15, -0.1) is 5.06 Å². The number of aromatic nitrogens is 2. The highest BCUT2D eigenvalue weighted by molar-refractivity contribution is 5.96. The van der Waals surface area contributed by atoms with Crippen molar-refractivity contribution in [2.45, 2.75) is 40.2 Å². The number of aryl methyl sites for hydroxylation is 1. The first kappa shape index (κ1) is 27.5. The summed E-state index contributed by atoms with van der Waals surface area (Å²) in [5.41, 5.74) is 7.15. The monoisotopic (exact) mass is 541 g/mol. The summed E-state index contributed by atoms with van der Waals surface area (Å²) in [7, 11) is 2.18. The van der Waals surface area contributed by atoms with Gasteiger partial charge in [-0.2, -0.15) is 0 Å². The molecule has 0 aliphatic carbocycles. The molecule has 1 aliphatic rings. The van der Waals surface area contributed by atoms with E-state index in [1.165, 1.54) is 16.3 Å². The molecule has 0 spiro atoms. The van der Waals surface area contributed by atoms with E-state index in [2.05, 4.69) is 53.0 Å². The number of ether oxygens (including phenoxy) is 1. The third-order valence-corrected chi connectivity index (χ3v) is 7.17. The van der Waals surface area contributed by atoms with Gasteiger partial charge in [0.15, 0.2) is 5.75 Å². The second-order valence-electron chi connectivity index (χ2n) is 11.4. The summed E-state index contributed by atoms with van der Waals surface area (Å²) in [5.74, 6) is 0.561. The van der Waals surface area contributed by atoms with Gasteiger partial charge in [0.1, 0.15) is 11.2 Å². The predicted octanol–water partition coefficient (Wildman–Crippen LogP) is 6.51. The first-order valence-corrected chi connectivity index (χ1v) is 13.9. The number of nitrogens with one attached hydrogen (secondary N) is 1. The van der Waals surface area contributed by atoms with Gasteiger partial charge in [0.25, 0.3) is 0 Å². The lowest BCUT2D eigenvalue weighted by Crippen LogP contribution is -2.44. The smallest absolute Gasteiger partial charge is 0.442 e. The van der Waals surface area contributed by atoms with Crippen molar-refractivity contribution in [3.63, 3.8) is 0 Å². The van der Waals surface area contributed by atoms with E-state index in [1.807, 2.05) is 64.4 Å². The van der Waals surface area contributed by atoms with Crippen molar-refractivity contribution in [3.05, 3.63) is 66.5 Å². The first-order chi connectivity index (χ1) is 19.1. The van der Waals surface area contributed by atoms with Crippen LogP contribution in [0, 0.1) is 6.92 Å². The summed E-state index contributed by atoms with van der Waals surface area (Å²) < 4.78 is 5.44. The number of hydrogen-bond acceptors (Lipinski definition) is 6. The van der Waals surface area contributed by atoms with Crippen LogP contribution < -0.4 is 9.74 Å². The second kappa shape index (κ2) is 11.2. The van der Waals surface area contributed by atoms with E-state index in [0.717, 1.165) is 59.5 Å². The molecule has 0 unspecified atom stereocenters. The van der Waals surface area contributed by atoms with Crippen molar-refractivity contribution < 1.29 is 14.4 Å². The Morgan fingerprint density at radius 3 is 2.35 bits per heavy atom. The van der Waals surface area contributed by atoms with Gasteiger partial charge in [0, 0.05) is 60.8 Å². The van der Waals surface area contributed by atoms with Gasteiger partial charge in [-0.05, 0) is 88.7 Å². The molecule has 4 aromatic rings. The number of H-pyrrole nitrogens is 1. The highest BCUT2D eigenvalue weighted by Crippen LogP contribution is 2.33. The molecule has 2 aromatic carbocycles. The molecule has 0 saturated carbocycles. The Kier molecular flexibility index (Phi) is 7.72. The Bertz CT molecular complexity index is 1480. The van der Waals surface area contributed by atoms with Crippen LogP contribution in [0.15, 0.2) is 60.9 Å². The van der Waals surface area contributed by atoms with Gasteiger partial charge in [-0.25, -0.2) is 9.78 Å². The van der Waals surface area contributed by atoms with Gasteiger partial charge >= 0.3 is 6.09 Å². The van der Waals surface area contributed by atoms with Crippen LogP contribution in [-0.4, -0.2) is 71.4 Å². The molecule has 1 saturated heterocycles. The van der Waals surface area contributed by atoms with E-state index >= 15 is 0 Å². The van der Waals surface area contributed by atoms with Crippen LogP contribution in [0.25, 0.3) is 33.3 Å². The zero-order valence-corrected chi connectivity index (χ0v) is 24.3. The molecular weight excluding hydrogens is 502 g/mol. The third kappa shape index (κ3) is 6.07. The Labute approximate surface area is 236 Å². The number of carbonyl (C=O) groups excluding carboxylic acids is 1. The molecule has 1 aliphatic heterocycles. The molecule has 1 fully saturated rings. The number of pyridine rings is 1. The number of hydroxylamine groups is 2. The number of likely N-dealkylation sites (N-methyl/N-ethyl adjacent to an activating group) is 1. The average Bonchev–Trinajstić information content (AvgIpc) is 3.35. The van der Waals surface area contributed by atoms with E-state index in [1.54, 1.807) is 0 Å². The van der Waals surface area contributed by atoms with Crippen LogP contribution in [0.3, 0.4) is 0 Å². The number of aromatic amines is 1. The molecule has 210 valence electrons. The van der Waals surface area contributed by atoms with Gasteiger partial charge in [-0.1, -0.05) is 18.2 Å². The molecule has 8 heteroatoms. The molecule has 0 radical (unpaired) electrons. The van der Waals surface area contributed by atoms with E-state index < -0.39 is 11.7 Å². The maximum atomic E-state index is 12.4. The molecule has 3 heterocycles. The highest BCUT2D eigenvalue weighted by atomic mass is 16.7. The number of piperazine rings is 1. The fourth-order valence-corrected chi connectivity index (χ4v) is 5.00. The predicted molar refractivity (Wildman–Crippen MR) is 161 cm³/mol. The van der Waals surface area contributed by atoms with Crippen molar-refractivity contribution in [2.24, 2.45) is 0 Å². The normalized spacial score (nSPS) is 14.4. The number of anilines is 1. The summed E-state index contributed by atoms with van der Waals surface area (Å²) in [6, 6.07) is 16.6. The zero-order chi connectivity index (χ0) is 28.4. The SMILES string of the molecule is CCN(Oc1ccc(-c2c[nH]c3ncc(-c4ccc(N5CCN(C)CC5)c(C)c4)cc23)cc1)C(=O)OC(C)(C)C. The van der Waals surface area contributed by atoms with Crippen LogP contribution in [0.5, 0.6) is 5.75 Å². The Morgan fingerprint density at radius 1 is 1.00 bits per heavy atom. The zero-order valence-electron chi connectivity index (χ0n) is 24.3. The third-order valence-electron chi connectivity index (χ3n) is 7.17. The van der Waals surface area contributed by atoms with E-state index in [4.69, 9.17) is 14.6 Å². The van der Waals surface area contributed by atoms with Gasteiger partial charge in [0.2, 0.25) is 0 Å². The number of hydrogen-bond donors (Lipinski definition) is 1. The van der Waals surface area contributed by atoms with E-state index in [9.17, 15) is 4.79 Å². The molecule has 5 rings (SSSR count). The first-order valence-electron chi connectivity index (χ1n) is 13.9. The Morgan fingerprint density at radius 2 is 1.70 bits per heavy atom. The van der Waals surface area contributed by atoms with Crippen molar-refractivity contribution in [1.82, 2.24) is 19.9 Å². The number of nitrogens with zero attached hydrogens (tertiary/aromatic N) is 4. The van der Waals surface area contributed by atoms with Gasteiger partial charge in [-0.3, -0.25) is 0 Å². The lowest BCUT2D eigenvalue weighted by atomic mass is 10.00. The van der Waals surface area contributed by atoms with E-state index in [-0.39, 0.29) is 0 Å². The Balaban J connectivity index is 1.35. The van der Waals surface area contributed by atoms with Crippen molar-refractivity contribution in [1.29, 1.82) is 0 Å². The molecular formula is C32H39N5O3. The molecule has 8 nitrogen and oxygen atoms in total. The quantitative estimate of drug-likeness (QED) is 0.281. The summed E-state index contributed by atoms with van der Waals surface area (Å²) in [4.78, 5) is 31.1. The average molecular weight is 542 g/mol. The minimum Gasteiger partial charge on any atom is -0.442 e. The summed E-state index contributed by atoms with van der Waals surface area (Å²) in [6.07, 6.45) is 3.40. The van der Waals surface area contributed by atoms with Crippen LogP contribution in [0.1, 0.15) is 33.3 Å². The van der Waals surface area contributed by atoms with Crippen LogP contribution in [-0.2, 0) is 4.74 Å². The van der Waals surface area contributed by atoms with E-state index in [0.29, 0.717) is 12.3 Å². The standard InChI is InChI=1S/C32H39N5O3/c1-7-37(31(38)39-32(3,4)5)40-26-11-8-23(9-12-26)28-21-34-30-27(28)19-25(20-33-30)24-10-13-29(22(2)18-24)36-16-14-35(6)15-17-36/h8-13,18-21H,7,14-17H2,1-6H3,(H,33,34). The lowest BCUT2D eigenvalue weighted by Gasteiger charge is -2.35. The molecule has 40 heavy (non-hydrogen) atoms. The minimum absolute atomic E-state index is 0.364. The van der Waals surface area contributed by atoms with Crippen molar-refractivity contribution in [3.8, 4) is 28.0 Å². The summed E-state index contributed by atoms with van der Waals surface area (Å²) >= 11 is 0. The largest absolute Gasteiger partial charge is 0.443 e. The maximum absolute atomic E-state index is 12.4. The van der Waals surface area contributed by atoms with Gasteiger partial charge in [0.05, 0.1) is 6.54 Å². The number of benzene rings is 2. The van der Waals surface area contributed by atoms with Crippen molar-refractivity contribution >= 4 is 22.8 Å². The highest BCUT2D eigenvalue weighted by Gasteiger charge is 2.23. The van der Waals surface area contributed by atoms with Crippen LogP contribution in [0.4, 0.5) is 10.5 Å². The topological polar surface area (TPSA) is 73.9 Å². The summed E-state index contributed by atoms with van der Waals surface area (Å²) in [6.45, 7) is 14.2. The molecule has 2 aromatic heterocycles. The molecule has 0 atom stereocenters. The molecule has 1 N–H and O–H groups in total. The fourth-order valence-electron chi connectivity index (χ4n) is 5.00. The minimum atomic E-state index is -0.592. The number of amides is 1. The number of fused-ring (bicyclic) bond motifs is 1. The van der Waals surface area contributed by atoms with Crippen molar-refractivity contribution in [2.75, 3.05) is 44.7 Å². The van der Waals surface area contributed by atoms with Gasteiger partial charge < -0.3 is 24.4 Å². The number of carbonyl (C=O) groups is 1. The maximum Gasteiger partial charge on any atom is 0.443 e. The fraction of sp³-hybridized carbons (Fsp3) is 0.375. The lowest BCUT2D eigenvalue weighted by molar-refractivity contribution is -0.0693. The van der Waals surface area contributed by atoms with Crippen LogP contribution >= 0.6 is 0 Å².